The number of carbonyl (C=O) groups is 6. The molecule has 0 spiro atoms. The molecule has 2 aliphatic rings. The van der Waals surface area contributed by atoms with E-state index < -0.39 is 57.1 Å². The van der Waals surface area contributed by atoms with Crippen molar-refractivity contribution in [2.75, 3.05) is 34.3 Å². The highest BCUT2D eigenvalue weighted by Crippen LogP contribution is 2.32. The Hall–Kier alpha value is -3.07. The zero-order valence-corrected chi connectivity index (χ0v) is 38.8. The van der Waals surface area contributed by atoms with Gasteiger partial charge in [-0.25, -0.2) is 8.42 Å². The van der Waals surface area contributed by atoms with Crippen molar-refractivity contribution in [1.82, 2.24) is 24.7 Å². The molecule has 9 atom stereocenters. The summed E-state index contributed by atoms with van der Waals surface area (Å²) >= 11 is 0. The fraction of sp³-hybridized carbons (Fsp3) is 0.860. The van der Waals surface area contributed by atoms with E-state index in [4.69, 9.17) is 4.74 Å². The Balaban J connectivity index is 2.24. The Morgan fingerprint density at radius 3 is 1.90 bits per heavy atom. The molecular weight excluding hydrogens is 763 g/mol. The molecular formula is C43H77N5O9S. The molecule has 334 valence electrons. The van der Waals surface area contributed by atoms with Crippen molar-refractivity contribution in [3.63, 3.8) is 0 Å². The topological polar surface area (TPSA) is 180 Å². The lowest BCUT2D eigenvalue weighted by Crippen LogP contribution is -2.55. The monoisotopic (exact) mass is 840 g/mol. The smallest absolute Gasteiger partial charge is 0.256 e. The van der Waals surface area contributed by atoms with Gasteiger partial charge >= 0.3 is 0 Å². The van der Waals surface area contributed by atoms with Crippen molar-refractivity contribution in [2.45, 2.75) is 157 Å². The van der Waals surface area contributed by atoms with E-state index in [0.29, 0.717) is 25.8 Å². The van der Waals surface area contributed by atoms with Gasteiger partial charge in [0.05, 0.1) is 29.7 Å². The van der Waals surface area contributed by atoms with Crippen LogP contribution in [0, 0.1) is 47.3 Å². The number of hydrogen-bond acceptors (Lipinski definition) is 9. The first kappa shape index (κ1) is 51.1. The Morgan fingerprint density at radius 1 is 0.828 bits per heavy atom. The molecule has 0 bridgehead atoms. The number of nitrogens with one attached hydrogen (secondary N) is 2. The Kier molecular flexibility index (Phi) is 19.8. The number of likely N-dealkylation sites (N-methyl/N-ethyl adjacent to an activating group) is 1. The fourth-order valence-electron chi connectivity index (χ4n) is 8.34. The van der Waals surface area contributed by atoms with Gasteiger partial charge < -0.3 is 29.5 Å². The average molecular weight is 840 g/mol. The third-order valence-corrected chi connectivity index (χ3v) is 14.5. The van der Waals surface area contributed by atoms with E-state index in [0.717, 1.165) is 12.8 Å². The third-order valence-electron chi connectivity index (χ3n) is 12.7. The number of sulfonamides is 1. The first-order valence-corrected chi connectivity index (χ1v) is 23.1. The zero-order chi connectivity index (χ0) is 44.4. The van der Waals surface area contributed by atoms with Crippen LogP contribution in [-0.2, 0) is 43.5 Å². The van der Waals surface area contributed by atoms with E-state index in [1.54, 1.807) is 37.9 Å². The molecule has 1 heterocycles. The van der Waals surface area contributed by atoms with Crippen molar-refractivity contribution in [3.05, 3.63) is 0 Å². The molecule has 2 rings (SSSR count). The fourth-order valence-corrected chi connectivity index (χ4v) is 9.69. The standard InChI is InChI=1S/C43H77N5O9S/c1-15-28(8)39(47(13)43(54)34(27(6)7)24-46(12)42(53)33(26(4)5)22-29(9)49)37(57-14)23-38(50)48-20-16-17-36(48)30(10)31(11)40(51)44-35(21-25(2)3)41(52)45-58(55,56)32-18-19-32/h25-28,30-37,39H,15-24H2,1-14H3,(H,44,51)(H,45,52)/t28-,30+,31+,33-,34-,35-,36-,37+,39-/m0/s1. The molecule has 1 saturated carbocycles. The van der Waals surface area contributed by atoms with E-state index in [-0.39, 0.29) is 90.9 Å². The number of likely N-dealkylation sites (tertiary alicyclic amines) is 1. The molecule has 15 heteroatoms. The molecule has 5 amide bonds. The van der Waals surface area contributed by atoms with Gasteiger partial charge in [-0.15, -0.1) is 0 Å². The average Bonchev–Trinajstić information content (AvgIpc) is 3.90. The van der Waals surface area contributed by atoms with Crippen molar-refractivity contribution in [1.29, 1.82) is 0 Å². The van der Waals surface area contributed by atoms with Crippen LogP contribution in [0.3, 0.4) is 0 Å². The van der Waals surface area contributed by atoms with Gasteiger partial charge in [-0.05, 0) is 68.6 Å². The Labute approximate surface area is 349 Å². The number of Topliss-reactive ketones (excluding diaryl/α,β-unsaturated/α-hetero) is 1. The molecule has 0 aromatic carbocycles. The molecule has 2 fully saturated rings. The van der Waals surface area contributed by atoms with Gasteiger partial charge in [0.2, 0.25) is 33.7 Å². The van der Waals surface area contributed by atoms with Crippen LogP contribution in [0.25, 0.3) is 0 Å². The zero-order valence-electron chi connectivity index (χ0n) is 38.0. The maximum Gasteiger partial charge on any atom is 0.256 e. The predicted molar refractivity (Wildman–Crippen MR) is 226 cm³/mol. The molecule has 0 aromatic rings. The van der Waals surface area contributed by atoms with Crippen molar-refractivity contribution in [2.24, 2.45) is 47.3 Å². The molecule has 1 aliphatic heterocycles. The van der Waals surface area contributed by atoms with Gasteiger partial charge in [0, 0.05) is 58.6 Å². The normalized spacial score (nSPS) is 20.2. The summed E-state index contributed by atoms with van der Waals surface area (Å²) in [5.41, 5.74) is 0. The lowest BCUT2D eigenvalue weighted by atomic mass is 9.85. The van der Waals surface area contributed by atoms with E-state index in [2.05, 4.69) is 10.0 Å². The molecule has 14 nitrogen and oxygen atoms in total. The Bertz CT molecular complexity index is 1530. The summed E-state index contributed by atoms with van der Waals surface area (Å²) in [6.07, 6.45) is 2.99. The highest BCUT2D eigenvalue weighted by molar-refractivity contribution is 7.90. The van der Waals surface area contributed by atoms with E-state index in [1.165, 1.54) is 6.92 Å². The number of hydrogen-bond donors (Lipinski definition) is 2. The number of ether oxygens (including phenoxy) is 1. The lowest BCUT2D eigenvalue weighted by Gasteiger charge is -2.41. The van der Waals surface area contributed by atoms with Gasteiger partial charge in [0.1, 0.15) is 11.8 Å². The maximum absolute atomic E-state index is 14.4. The van der Waals surface area contributed by atoms with Crippen molar-refractivity contribution < 1.29 is 41.9 Å². The van der Waals surface area contributed by atoms with Crippen LogP contribution in [0.1, 0.15) is 128 Å². The van der Waals surface area contributed by atoms with Gasteiger partial charge in [-0.2, -0.15) is 0 Å². The van der Waals surface area contributed by atoms with Gasteiger partial charge in [-0.1, -0.05) is 75.7 Å². The number of methoxy groups -OCH3 is 1. The molecule has 2 N–H and O–H groups in total. The summed E-state index contributed by atoms with van der Waals surface area (Å²) in [5.74, 6) is -3.66. The molecule has 0 radical (unpaired) electrons. The van der Waals surface area contributed by atoms with Crippen LogP contribution < -0.4 is 10.0 Å². The second kappa shape index (κ2) is 22.5. The molecule has 1 aliphatic carbocycles. The minimum atomic E-state index is -3.78. The minimum Gasteiger partial charge on any atom is -0.379 e. The maximum atomic E-state index is 14.4. The van der Waals surface area contributed by atoms with E-state index in [9.17, 15) is 37.2 Å². The predicted octanol–water partition coefficient (Wildman–Crippen LogP) is 4.65. The lowest BCUT2D eigenvalue weighted by molar-refractivity contribution is -0.149. The van der Waals surface area contributed by atoms with Gasteiger partial charge in [-0.3, -0.25) is 28.7 Å². The highest BCUT2D eigenvalue weighted by Gasteiger charge is 2.43. The molecule has 0 aromatic heterocycles. The van der Waals surface area contributed by atoms with Crippen LogP contribution in [0.15, 0.2) is 0 Å². The van der Waals surface area contributed by atoms with Crippen LogP contribution in [0.4, 0.5) is 0 Å². The minimum absolute atomic E-state index is 0.0144. The van der Waals surface area contributed by atoms with Gasteiger partial charge in [0.15, 0.2) is 0 Å². The second-order valence-corrected chi connectivity index (χ2v) is 20.4. The molecule has 1 saturated heterocycles. The number of nitrogens with zero attached hydrogens (tertiary/aromatic N) is 3. The van der Waals surface area contributed by atoms with Gasteiger partial charge in [0.25, 0.3) is 5.91 Å². The number of amides is 5. The van der Waals surface area contributed by atoms with Crippen LogP contribution >= 0.6 is 0 Å². The summed E-state index contributed by atoms with van der Waals surface area (Å²) in [7, 11) is 1.20. The van der Waals surface area contributed by atoms with Crippen molar-refractivity contribution >= 4 is 45.3 Å². The molecule has 58 heavy (non-hydrogen) atoms. The SMILES string of the molecule is CC[C@H](C)[C@@H]([C@@H](CC(=O)N1CCC[C@H]1[C@H](C)[C@@H](C)C(=O)N[C@@H](CC(C)C)C(=O)NS(=O)(=O)C1CC1)OC)N(C)C(=O)[C@@H](CN(C)C(=O)[C@@H](CC(C)=O)C(C)C)C(C)C. The van der Waals surface area contributed by atoms with Crippen LogP contribution in [0.5, 0.6) is 0 Å². The number of ketones is 1. The second-order valence-electron chi connectivity index (χ2n) is 18.5. The summed E-state index contributed by atoms with van der Waals surface area (Å²) < 4.78 is 33.2. The summed E-state index contributed by atoms with van der Waals surface area (Å²) in [5, 5.41) is 2.25. The number of rotatable bonds is 24. The summed E-state index contributed by atoms with van der Waals surface area (Å²) in [6, 6.07) is -1.72. The first-order valence-electron chi connectivity index (χ1n) is 21.6. The number of carbonyl (C=O) groups excluding carboxylic acids is 6. The van der Waals surface area contributed by atoms with E-state index in [1.807, 2.05) is 67.2 Å². The third kappa shape index (κ3) is 14.0. The highest BCUT2D eigenvalue weighted by atomic mass is 32.2. The summed E-state index contributed by atoms with van der Waals surface area (Å²) in [4.78, 5) is 86.0. The van der Waals surface area contributed by atoms with E-state index >= 15 is 0 Å². The van der Waals surface area contributed by atoms with Crippen LogP contribution in [0.2, 0.25) is 0 Å². The summed E-state index contributed by atoms with van der Waals surface area (Å²) in [6.45, 7) is 21.5. The van der Waals surface area contributed by atoms with Crippen molar-refractivity contribution in [3.8, 4) is 0 Å². The molecule has 0 unspecified atom stereocenters. The first-order chi connectivity index (χ1) is 26.9. The largest absolute Gasteiger partial charge is 0.379 e. The van der Waals surface area contributed by atoms with Crippen LogP contribution in [-0.4, -0.2) is 122 Å². The Morgan fingerprint density at radius 2 is 1.41 bits per heavy atom. The quantitative estimate of drug-likeness (QED) is 0.140.